The molecule has 184 valence electrons. The van der Waals surface area contributed by atoms with E-state index in [0.29, 0.717) is 19.3 Å². The number of alkyl carbamates (subject to hydrolysis) is 1. The second-order valence-corrected chi connectivity index (χ2v) is 8.49. The summed E-state index contributed by atoms with van der Waals surface area (Å²) >= 11 is 0. The number of fused-ring (bicyclic) bond motifs is 3. The number of carboxylic acids is 1. The van der Waals surface area contributed by atoms with Crippen LogP contribution in [0.1, 0.15) is 49.7 Å². The number of nitrogens with zero attached hydrogens (tertiary/aromatic N) is 1. The number of nitriles is 1. The summed E-state index contributed by atoms with van der Waals surface area (Å²) in [5.74, 6) is -2.29. The second-order valence-electron chi connectivity index (χ2n) is 8.49. The molecule has 0 radical (unpaired) electrons. The van der Waals surface area contributed by atoms with Crippen molar-refractivity contribution in [3.05, 3.63) is 59.7 Å². The van der Waals surface area contributed by atoms with Crippen molar-refractivity contribution in [3.63, 3.8) is 0 Å². The van der Waals surface area contributed by atoms with Gasteiger partial charge in [-0.15, -0.1) is 0 Å². The predicted octanol–water partition coefficient (Wildman–Crippen LogP) is 2.93. The Kier molecular flexibility index (Phi) is 8.81. The lowest BCUT2D eigenvalue weighted by molar-refractivity contribution is -0.145. The molecule has 9 nitrogen and oxygen atoms in total. The molecular weight excluding hydrogens is 450 g/mol. The highest BCUT2D eigenvalue weighted by atomic mass is 16.5. The number of rotatable bonds is 11. The lowest BCUT2D eigenvalue weighted by atomic mass is 9.98. The van der Waals surface area contributed by atoms with Crippen LogP contribution in [0.3, 0.4) is 0 Å². The molecule has 0 aliphatic heterocycles. The van der Waals surface area contributed by atoms with Crippen molar-refractivity contribution in [1.29, 1.82) is 5.26 Å². The SMILES string of the molecule is CC(O)C(NC(=O)C(CCCCC#N)NC(=O)OCC1c2ccccc2-c2ccccc21)C(=O)O. The number of carbonyl (C=O) groups is 3. The standard InChI is InChI=1S/C26H29N3O6/c1-16(30)23(25(32)33)29-24(31)22(13-3-2-8-14-27)28-26(34)35-15-21-19-11-6-4-9-17(19)18-10-5-7-12-20(18)21/h4-7,9-12,16,21-23,30H,2-3,8,13,15H2,1H3,(H,28,34)(H,29,31)(H,32,33). The third-order valence-corrected chi connectivity index (χ3v) is 6.03. The fraction of sp³-hybridized carbons (Fsp3) is 0.385. The summed E-state index contributed by atoms with van der Waals surface area (Å²) in [4.78, 5) is 36.7. The van der Waals surface area contributed by atoms with Gasteiger partial charge < -0.3 is 25.6 Å². The fourth-order valence-corrected chi connectivity index (χ4v) is 4.25. The van der Waals surface area contributed by atoms with E-state index in [4.69, 9.17) is 10.00 Å². The van der Waals surface area contributed by atoms with Gasteiger partial charge in [0.15, 0.2) is 6.04 Å². The Morgan fingerprint density at radius 2 is 1.63 bits per heavy atom. The molecule has 0 saturated heterocycles. The van der Waals surface area contributed by atoms with Crippen molar-refractivity contribution < 1.29 is 29.3 Å². The number of nitrogens with one attached hydrogen (secondary N) is 2. The van der Waals surface area contributed by atoms with Crippen molar-refractivity contribution >= 4 is 18.0 Å². The summed E-state index contributed by atoms with van der Waals surface area (Å²) < 4.78 is 5.50. The number of aliphatic carboxylic acids is 1. The number of carboxylic acid groups (broad SMARTS) is 1. The number of aliphatic hydroxyl groups is 1. The van der Waals surface area contributed by atoms with Crippen molar-refractivity contribution in [2.24, 2.45) is 0 Å². The van der Waals surface area contributed by atoms with Crippen LogP contribution in [0.15, 0.2) is 48.5 Å². The maximum absolute atomic E-state index is 12.7. The van der Waals surface area contributed by atoms with Gasteiger partial charge in [-0.1, -0.05) is 48.5 Å². The molecule has 35 heavy (non-hydrogen) atoms. The molecule has 4 N–H and O–H groups in total. The number of amides is 2. The minimum absolute atomic E-state index is 0.0635. The Morgan fingerprint density at radius 1 is 1.03 bits per heavy atom. The molecule has 0 fully saturated rings. The molecular formula is C26H29N3O6. The Balaban J connectivity index is 1.66. The van der Waals surface area contributed by atoms with E-state index in [1.165, 1.54) is 6.92 Å². The maximum atomic E-state index is 12.7. The zero-order chi connectivity index (χ0) is 25.4. The molecule has 3 unspecified atom stereocenters. The molecule has 2 aromatic carbocycles. The number of ether oxygens (including phenoxy) is 1. The van der Waals surface area contributed by atoms with E-state index in [-0.39, 0.29) is 18.9 Å². The van der Waals surface area contributed by atoms with E-state index in [1.807, 2.05) is 54.6 Å². The van der Waals surface area contributed by atoms with Crippen LogP contribution in [0.4, 0.5) is 4.79 Å². The van der Waals surface area contributed by atoms with Gasteiger partial charge in [0.25, 0.3) is 0 Å². The smallest absolute Gasteiger partial charge is 0.407 e. The highest BCUT2D eigenvalue weighted by Crippen LogP contribution is 2.44. The van der Waals surface area contributed by atoms with Gasteiger partial charge in [-0.05, 0) is 48.4 Å². The first-order valence-corrected chi connectivity index (χ1v) is 11.5. The summed E-state index contributed by atoms with van der Waals surface area (Å²) in [6.45, 7) is 1.31. The number of unbranched alkanes of at least 4 members (excludes halogenated alkanes) is 2. The molecule has 1 aliphatic rings. The topological polar surface area (TPSA) is 149 Å². The van der Waals surface area contributed by atoms with Crippen LogP contribution in [0, 0.1) is 11.3 Å². The first kappa shape index (κ1) is 25.7. The van der Waals surface area contributed by atoms with E-state index in [2.05, 4.69) is 10.6 Å². The quantitative estimate of drug-likeness (QED) is 0.362. The normalized spacial score (nSPS) is 14.5. The fourth-order valence-electron chi connectivity index (χ4n) is 4.25. The van der Waals surface area contributed by atoms with Gasteiger partial charge in [0, 0.05) is 12.3 Å². The third-order valence-electron chi connectivity index (χ3n) is 6.03. The van der Waals surface area contributed by atoms with Gasteiger partial charge >= 0.3 is 12.1 Å². The largest absolute Gasteiger partial charge is 0.480 e. The molecule has 2 amide bonds. The average molecular weight is 480 g/mol. The number of carbonyl (C=O) groups excluding carboxylic acids is 2. The van der Waals surface area contributed by atoms with Gasteiger partial charge in [0.1, 0.15) is 12.6 Å². The molecule has 1 aliphatic carbocycles. The van der Waals surface area contributed by atoms with E-state index in [1.54, 1.807) is 0 Å². The summed E-state index contributed by atoms with van der Waals surface area (Å²) in [5, 5.41) is 32.4. The molecule has 3 rings (SSSR count). The zero-order valence-electron chi connectivity index (χ0n) is 19.4. The van der Waals surface area contributed by atoms with Gasteiger partial charge in [0.2, 0.25) is 5.91 Å². The lowest BCUT2D eigenvalue weighted by Gasteiger charge is -2.23. The highest BCUT2D eigenvalue weighted by Gasteiger charge is 2.31. The molecule has 9 heteroatoms. The van der Waals surface area contributed by atoms with E-state index >= 15 is 0 Å². The number of benzene rings is 2. The monoisotopic (exact) mass is 479 g/mol. The predicted molar refractivity (Wildman–Crippen MR) is 127 cm³/mol. The molecule has 0 heterocycles. The maximum Gasteiger partial charge on any atom is 0.407 e. The van der Waals surface area contributed by atoms with Crippen LogP contribution in [-0.2, 0) is 14.3 Å². The van der Waals surface area contributed by atoms with Crippen LogP contribution in [0.5, 0.6) is 0 Å². The van der Waals surface area contributed by atoms with E-state index < -0.39 is 36.2 Å². The highest BCUT2D eigenvalue weighted by molar-refractivity contribution is 5.89. The minimum atomic E-state index is -1.52. The zero-order valence-corrected chi connectivity index (χ0v) is 19.4. The van der Waals surface area contributed by atoms with Crippen LogP contribution < -0.4 is 10.6 Å². The van der Waals surface area contributed by atoms with Crippen molar-refractivity contribution in [3.8, 4) is 17.2 Å². The molecule has 0 spiro atoms. The average Bonchev–Trinajstić information content (AvgIpc) is 3.16. The van der Waals surface area contributed by atoms with Gasteiger partial charge in [0.05, 0.1) is 12.2 Å². The molecule has 3 atom stereocenters. The lowest BCUT2D eigenvalue weighted by Crippen LogP contribution is -2.54. The number of hydrogen-bond acceptors (Lipinski definition) is 6. The Bertz CT molecular complexity index is 1060. The van der Waals surface area contributed by atoms with E-state index in [9.17, 15) is 24.6 Å². The van der Waals surface area contributed by atoms with Gasteiger partial charge in [-0.2, -0.15) is 5.26 Å². The first-order chi connectivity index (χ1) is 16.8. The minimum Gasteiger partial charge on any atom is -0.480 e. The van der Waals surface area contributed by atoms with Gasteiger partial charge in [-0.3, -0.25) is 4.79 Å². The number of hydrogen-bond donors (Lipinski definition) is 4. The van der Waals surface area contributed by atoms with Crippen LogP contribution in [-0.4, -0.2) is 53.0 Å². The van der Waals surface area contributed by atoms with Crippen LogP contribution >= 0.6 is 0 Å². The first-order valence-electron chi connectivity index (χ1n) is 11.5. The Hall–Kier alpha value is -3.90. The van der Waals surface area contributed by atoms with Crippen molar-refractivity contribution in [2.75, 3.05) is 6.61 Å². The van der Waals surface area contributed by atoms with E-state index in [0.717, 1.165) is 22.3 Å². The second kappa shape index (κ2) is 12.0. The van der Waals surface area contributed by atoms with Crippen molar-refractivity contribution in [2.45, 2.75) is 56.7 Å². The molecule has 2 aromatic rings. The summed E-state index contributed by atoms with van der Waals surface area (Å²) in [6.07, 6.45) is -0.678. The van der Waals surface area contributed by atoms with Crippen LogP contribution in [0.2, 0.25) is 0 Å². The summed E-state index contributed by atoms with van der Waals surface area (Å²) in [7, 11) is 0. The van der Waals surface area contributed by atoms with Crippen molar-refractivity contribution in [1.82, 2.24) is 10.6 Å². The Morgan fingerprint density at radius 3 is 2.17 bits per heavy atom. The molecule has 0 saturated carbocycles. The molecule has 0 aromatic heterocycles. The summed E-state index contributed by atoms with van der Waals surface area (Å²) in [6, 6.07) is 15.2. The molecule has 0 bridgehead atoms. The summed E-state index contributed by atoms with van der Waals surface area (Å²) in [5.41, 5.74) is 4.27. The Labute approximate surface area is 203 Å². The van der Waals surface area contributed by atoms with Crippen LogP contribution in [0.25, 0.3) is 11.1 Å². The number of aliphatic hydroxyl groups excluding tert-OH is 1. The van der Waals surface area contributed by atoms with Gasteiger partial charge in [-0.25, -0.2) is 9.59 Å². The third kappa shape index (κ3) is 6.37.